The zero-order valence-corrected chi connectivity index (χ0v) is 14.5. The maximum atomic E-state index is 11.9. The minimum Gasteiger partial charge on any atom is -0.465 e. The number of nitrogens with one attached hydrogen (secondary N) is 2. The average Bonchev–Trinajstić information content (AvgIpc) is 2.62. The third-order valence-electron chi connectivity index (χ3n) is 3.09. The fourth-order valence-electron chi connectivity index (χ4n) is 1.99. The normalized spacial score (nSPS) is 9.96. The van der Waals surface area contributed by atoms with Crippen molar-refractivity contribution < 1.29 is 19.1 Å². The fourth-order valence-corrected chi connectivity index (χ4v) is 2.61. The van der Waals surface area contributed by atoms with E-state index in [1.165, 1.54) is 24.9 Å². The Balaban J connectivity index is 1.75. The number of esters is 1. The van der Waals surface area contributed by atoms with Crippen LogP contribution in [0.1, 0.15) is 10.4 Å². The maximum absolute atomic E-state index is 11.9. The third kappa shape index (κ3) is 6.31. The molecule has 0 aromatic heterocycles. The van der Waals surface area contributed by atoms with Crippen molar-refractivity contribution in [2.24, 2.45) is 0 Å². The molecule has 130 valence electrons. The van der Waals surface area contributed by atoms with E-state index < -0.39 is 5.97 Å². The highest BCUT2D eigenvalue weighted by molar-refractivity contribution is 8.00. The summed E-state index contributed by atoms with van der Waals surface area (Å²) in [5.74, 6) is -0.589. The standard InChI is InChI=1S/C18H18N2O4S/c1-24-18(23)13-6-5-9-15(10-13)20-17(22)12-25-11-16(21)19-14-7-3-2-4-8-14/h2-10H,11-12H2,1H3,(H,19,21)(H,20,22). The average molecular weight is 358 g/mol. The van der Waals surface area contributed by atoms with E-state index in [2.05, 4.69) is 15.4 Å². The summed E-state index contributed by atoms with van der Waals surface area (Å²) in [5.41, 5.74) is 1.58. The molecule has 2 amide bonds. The summed E-state index contributed by atoms with van der Waals surface area (Å²) in [6, 6.07) is 15.6. The first kappa shape index (κ1) is 18.5. The van der Waals surface area contributed by atoms with Gasteiger partial charge < -0.3 is 15.4 Å². The SMILES string of the molecule is COC(=O)c1cccc(NC(=O)CSCC(=O)Nc2ccccc2)c1. The summed E-state index contributed by atoms with van der Waals surface area (Å²) in [7, 11) is 1.30. The van der Waals surface area contributed by atoms with Gasteiger partial charge in [0, 0.05) is 11.4 Å². The molecule has 0 bridgehead atoms. The number of hydrogen-bond donors (Lipinski definition) is 2. The Labute approximate surface area is 149 Å². The molecule has 0 unspecified atom stereocenters. The van der Waals surface area contributed by atoms with Gasteiger partial charge in [-0.05, 0) is 30.3 Å². The van der Waals surface area contributed by atoms with Crippen LogP contribution < -0.4 is 10.6 Å². The quantitative estimate of drug-likeness (QED) is 0.744. The molecular weight excluding hydrogens is 340 g/mol. The van der Waals surface area contributed by atoms with Gasteiger partial charge in [0.05, 0.1) is 24.2 Å². The molecular formula is C18H18N2O4S. The molecule has 0 aliphatic rings. The van der Waals surface area contributed by atoms with Crippen LogP contribution in [0.4, 0.5) is 11.4 Å². The van der Waals surface area contributed by atoms with Crippen molar-refractivity contribution in [2.45, 2.75) is 0 Å². The van der Waals surface area contributed by atoms with Gasteiger partial charge in [0.15, 0.2) is 0 Å². The summed E-state index contributed by atoms with van der Waals surface area (Å²) in [5, 5.41) is 5.43. The molecule has 7 heteroatoms. The molecule has 0 spiro atoms. The molecule has 25 heavy (non-hydrogen) atoms. The van der Waals surface area contributed by atoms with Crippen LogP contribution >= 0.6 is 11.8 Å². The molecule has 2 aromatic rings. The zero-order chi connectivity index (χ0) is 18.1. The number of thioether (sulfide) groups is 1. The first-order valence-electron chi connectivity index (χ1n) is 7.49. The molecule has 2 aromatic carbocycles. The van der Waals surface area contributed by atoms with Crippen molar-refractivity contribution in [3.05, 3.63) is 60.2 Å². The number of para-hydroxylation sites is 1. The van der Waals surface area contributed by atoms with E-state index in [0.29, 0.717) is 11.3 Å². The number of hydrogen-bond acceptors (Lipinski definition) is 5. The number of ether oxygens (including phenoxy) is 1. The van der Waals surface area contributed by atoms with E-state index in [1.54, 1.807) is 30.3 Å². The lowest BCUT2D eigenvalue weighted by Gasteiger charge is -2.07. The number of methoxy groups -OCH3 is 1. The number of rotatable bonds is 7. The topological polar surface area (TPSA) is 84.5 Å². The Morgan fingerprint density at radius 2 is 1.48 bits per heavy atom. The lowest BCUT2D eigenvalue weighted by atomic mass is 10.2. The Morgan fingerprint density at radius 3 is 2.12 bits per heavy atom. The monoisotopic (exact) mass is 358 g/mol. The summed E-state index contributed by atoms with van der Waals surface area (Å²) < 4.78 is 4.64. The van der Waals surface area contributed by atoms with Gasteiger partial charge in [-0.25, -0.2) is 4.79 Å². The van der Waals surface area contributed by atoms with E-state index in [4.69, 9.17) is 0 Å². The highest BCUT2D eigenvalue weighted by atomic mass is 32.2. The second kappa shape index (κ2) is 9.48. The molecule has 0 aliphatic carbocycles. The molecule has 0 saturated heterocycles. The first-order chi connectivity index (χ1) is 12.1. The first-order valence-corrected chi connectivity index (χ1v) is 8.65. The molecule has 0 fully saturated rings. The largest absolute Gasteiger partial charge is 0.465 e. The number of carbonyl (C=O) groups excluding carboxylic acids is 3. The van der Waals surface area contributed by atoms with Gasteiger partial charge in [-0.2, -0.15) is 0 Å². The van der Waals surface area contributed by atoms with Crippen molar-refractivity contribution in [3.63, 3.8) is 0 Å². The van der Waals surface area contributed by atoms with Crippen molar-refractivity contribution in [2.75, 3.05) is 29.2 Å². The van der Waals surface area contributed by atoms with Gasteiger partial charge in [-0.15, -0.1) is 11.8 Å². The van der Waals surface area contributed by atoms with Gasteiger partial charge in [-0.1, -0.05) is 24.3 Å². The van der Waals surface area contributed by atoms with Gasteiger partial charge in [-0.3, -0.25) is 9.59 Å². The van der Waals surface area contributed by atoms with Crippen LogP contribution in [0.2, 0.25) is 0 Å². The molecule has 2 rings (SSSR count). The predicted octanol–water partition coefficient (Wildman–Crippen LogP) is 2.78. The molecule has 0 radical (unpaired) electrons. The smallest absolute Gasteiger partial charge is 0.337 e. The van der Waals surface area contributed by atoms with E-state index in [0.717, 1.165) is 5.69 Å². The van der Waals surface area contributed by atoms with Crippen molar-refractivity contribution in [1.82, 2.24) is 0 Å². The van der Waals surface area contributed by atoms with E-state index in [9.17, 15) is 14.4 Å². The lowest BCUT2D eigenvalue weighted by molar-refractivity contribution is -0.114. The summed E-state index contributed by atoms with van der Waals surface area (Å²) in [4.78, 5) is 35.2. The predicted molar refractivity (Wildman–Crippen MR) is 98.8 cm³/mol. The zero-order valence-electron chi connectivity index (χ0n) is 13.7. The van der Waals surface area contributed by atoms with E-state index in [1.807, 2.05) is 18.2 Å². The summed E-state index contributed by atoms with van der Waals surface area (Å²) in [6.45, 7) is 0. The second-order valence-electron chi connectivity index (χ2n) is 5.03. The highest BCUT2D eigenvalue weighted by Crippen LogP contribution is 2.13. The molecule has 2 N–H and O–H groups in total. The second-order valence-corrected chi connectivity index (χ2v) is 6.01. The maximum Gasteiger partial charge on any atom is 0.337 e. The number of anilines is 2. The highest BCUT2D eigenvalue weighted by Gasteiger charge is 2.09. The Hall–Kier alpha value is -2.80. The molecule has 0 atom stereocenters. The molecule has 0 saturated carbocycles. The van der Waals surface area contributed by atoms with Crippen LogP contribution in [0.25, 0.3) is 0 Å². The Bertz CT molecular complexity index is 750. The van der Waals surface area contributed by atoms with Gasteiger partial charge in [0.25, 0.3) is 0 Å². The number of amides is 2. The van der Waals surface area contributed by atoms with Crippen LogP contribution in [0, 0.1) is 0 Å². The van der Waals surface area contributed by atoms with Crippen LogP contribution in [0.5, 0.6) is 0 Å². The molecule has 0 heterocycles. The Kier molecular flexibility index (Phi) is 7.03. The van der Waals surface area contributed by atoms with Crippen LogP contribution in [0.3, 0.4) is 0 Å². The third-order valence-corrected chi connectivity index (χ3v) is 4.02. The Morgan fingerprint density at radius 1 is 0.880 bits per heavy atom. The minimum absolute atomic E-state index is 0.130. The van der Waals surface area contributed by atoms with Gasteiger partial charge in [0.2, 0.25) is 11.8 Å². The van der Waals surface area contributed by atoms with Gasteiger partial charge >= 0.3 is 5.97 Å². The van der Waals surface area contributed by atoms with Crippen molar-refractivity contribution >= 4 is 40.9 Å². The summed E-state index contributed by atoms with van der Waals surface area (Å²) >= 11 is 1.21. The minimum atomic E-state index is -0.469. The van der Waals surface area contributed by atoms with Gasteiger partial charge in [0.1, 0.15) is 0 Å². The number of carbonyl (C=O) groups is 3. The van der Waals surface area contributed by atoms with Crippen molar-refractivity contribution in [3.8, 4) is 0 Å². The van der Waals surface area contributed by atoms with Crippen LogP contribution in [0.15, 0.2) is 54.6 Å². The molecule has 0 aliphatic heterocycles. The van der Waals surface area contributed by atoms with Crippen LogP contribution in [-0.4, -0.2) is 36.4 Å². The van der Waals surface area contributed by atoms with Crippen LogP contribution in [-0.2, 0) is 14.3 Å². The van der Waals surface area contributed by atoms with E-state index in [-0.39, 0.29) is 23.3 Å². The fraction of sp³-hybridized carbons (Fsp3) is 0.167. The summed E-state index contributed by atoms with van der Waals surface area (Å²) in [6.07, 6.45) is 0. The lowest BCUT2D eigenvalue weighted by Crippen LogP contribution is -2.18. The molecule has 6 nitrogen and oxygen atoms in total. The van der Waals surface area contributed by atoms with Crippen molar-refractivity contribution in [1.29, 1.82) is 0 Å². The van der Waals surface area contributed by atoms with E-state index >= 15 is 0 Å². The number of benzene rings is 2.